The summed E-state index contributed by atoms with van der Waals surface area (Å²) in [4.78, 5) is 6.53. The molecule has 4 N–H and O–H groups in total. The van der Waals surface area contributed by atoms with Crippen LogP contribution in [0, 0.1) is 19.8 Å². The molecule has 2 heterocycles. The Balaban J connectivity index is 2.44. The highest BCUT2D eigenvalue weighted by atomic mass is 16.4. The van der Waals surface area contributed by atoms with Crippen LogP contribution >= 0.6 is 0 Å². The molecule has 1 aromatic heterocycles. The average molecular weight is 264 g/mol. The number of amidine groups is 1. The van der Waals surface area contributed by atoms with Crippen molar-refractivity contribution >= 4 is 11.5 Å². The van der Waals surface area contributed by atoms with Crippen LogP contribution in [-0.2, 0) is 0 Å². The summed E-state index contributed by atoms with van der Waals surface area (Å²) in [7, 11) is 0. The Morgan fingerprint density at radius 1 is 1.58 bits per heavy atom. The van der Waals surface area contributed by atoms with E-state index >= 15 is 0 Å². The van der Waals surface area contributed by atoms with Gasteiger partial charge in [-0.2, -0.15) is 0 Å². The quantitative estimate of drug-likeness (QED) is 0.322. The van der Waals surface area contributed by atoms with Crippen molar-refractivity contribution in [2.24, 2.45) is 16.8 Å². The van der Waals surface area contributed by atoms with Gasteiger partial charge < -0.3 is 20.9 Å². The van der Waals surface area contributed by atoms with Crippen LogP contribution in [0.25, 0.3) is 0 Å². The molecular formula is C13H20N4O2. The lowest BCUT2D eigenvalue weighted by molar-refractivity contribution is 0.238. The number of aromatic nitrogens is 1. The average Bonchev–Trinajstić information content (AvgIpc) is 2.85. The van der Waals surface area contributed by atoms with Crippen LogP contribution in [0.4, 0.5) is 5.69 Å². The molecule has 1 unspecified atom stereocenters. The zero-order valence-corrected chi connectivity index (χ0v) is 11.3. The van der Waals surface area contributed by atoms with Gasteiger partial charge in [-0.25, -0.2) is 0 Å². The Labute approximate surface area is 112 Å². The number of anilines is 1. The van der Waals surface area contributed by atoms with Crippen LogP contribution in [0.15, 0.2) is 11.2 Å². The van der Waals surface area contributed by atoms with Crippen LogP contribution in [-0.4, -0.2) is 40.8 Å². The smallest absolute Gasteiger partial charge is 0.174 e. The largest absolute Gasteiger partial charge is 0.409 e. The maximum Gasteiger partial charge on any atom is 0.174 e. The molecule has 1 fully saturated rings. The number of rotatable bonds is 3. The van der Waals surface area contributed by atoms with Crippen LogP contribution in [0.5, 0.6) is 0 Å². The topological polar surface area (TPSA) is 95.0 Å². The number of pyridine rings is 1. The maximum absolute atomic E-state index is 9.24. The predicted molar refractivity (Wildman–Crippen MR) is 73.6 cm³/mol. The minimum absolute atomic E-state index is 0.0763. The third-order valence-electron chi connectivity index (χ3n) is 3.56. The molecule has 19 heavy (non-hydrogen) atoms. The second-order valence-electron chi connectivity index (χ2n) is 5.01. The van der Waals surface area contributed by atoms with E-state index in [1.165, 1.54) is 0 Å². The first kappa shape index (κ1) is 13.6. The minimum Gasteiger partial charge on any atom is -0.409 e. The maximum atomic E-state index is 9.24. The summed E-state index contributed by atoms with van der Waals surface area (Å²) < 4.78 is 0. The molecule has 0 radical (unpaired) electrons. The van der Waals surface area contributed by atoms with Gasteiger partial charge in [-0.3, -0.25) is 4.98 Å². The Morgan fingerprint density at radius 3 is 2.89 bits per heavy atom. The number of aliphatic hydroxyl groups is 1. The number of nitrogens with two attached hydrogens (primary N) is 1. The summed E-state index contributed by atoms with van der Waals surface area (Å²) in [5.74, 6) is 0.362. The Hall–Kier alpha value is -1.82. The van der Waals surface area contributed by atoms with Crippen LogP contribution < -0.4 is 10.6 Å². The van der Waals surface area contributed by atoms with Gasteiger partial charge in [0.05, 0.1) is 16.9 Å². The van der Waals surface area contributed by atoms with Crippen molar-refractivity contribution in [3.8, 4) is 0 Å². The Bertz CT molecular complexity index is 502. The first-order valence-electron chi connectivity index (χ1n) is 6.38. The van der Waals surface area contributed by atoms with E-state index in [-0.39, 0.29) is 18.4 Å². The second kappa shape index (κ2) is 5.44. The first-order valence-corrected chi connectivity index (χ1v) is 6.38. The molecule has 0 saturated carbocycles. The molecule has 6 heteroatoms. The van der Waals surface area contributed by atoms with E-state index in [0.29, 0.717) is 5.56 Å². The third-order valence-corrected chi connectivity index (χ3v) is 3.56. The SMILES string of the molecule is Cc1cc(N2CCC(CO)C2)c(/C(N)=N/O)c(C)n1. The van der Waals surface area contributed by atoms with Crippen molar-refractivity contribution in [3.63, 3.8) is 0 Å². The van der Waals surface area contributed by atoms with E-state index in [9.17, 15) is 5.11 Å². The van der Waals surface area contributed by atoms with Gasteiger partial charge in [-0.1, -0.05) is 5.16 Å². The number of nitrogens with zero attached hydrogens (tertiary/aromatic N) is 3. The molecule has 0 amide bonds. The summed E-state index contributed by atoms with van der Waals surface area (Å²) in [6.45, 7) is 5.61. The van der Waals surface area contributed by atoms with Crippen LogP contribution in [0.3, 0.4) is 0 Å². The van der Waals surface area contributed by atoms with Crippen molar-refractivity contribution in [2.75, 3.05) is 24.6 Å². The van der Waals surface area contributed by atoms with E-state index in [4.69, 9.17) is 10.9 Å². The van der Waals surface area contributed by atoms with E-state index in [0.717, 1.165) is 36.6 Å². The van der Waals surface area contributed by atoms with Gasteiger partial charge in [-0.15, -0.1) is 0 Å². The fraction of sp³-hybridized carbons (Fsp3) is 0.538. The van der Waals surface area contributed by atoms with E-state index in [2.05, 4.69) is 15.0 Å². The lowest BCUT2D eigenvalue weighted by atomic mass is 10.1. The fourth-order valence-electron chi connectivity index (χ4n) is 2.62. The molecule has 0 bridgehead atoms. The lowest BCUT2D eigenvalue weighted by Crippen LogP contribution is -2.26. The van der Waals surface area contributed by atoms with Gasteiger partial charge in [0.2, 0.25) is 0 Å². The predicted octanol–water partition coefficient (Wildman–Crippen LogP) is 0.612. The molecule has 1 aliphatic rings. The van der Waals surface area contributed by atoms with Crippen LogP contribution in [0.2, 0.25) is 0 Å². The number of oxime groups is 1. The summed E-state index contributed by atoms with van der Waals surface area (Å²) in [5.41, 5.74) is 9.01. The standard InChI is InChI=1S/C13H20N4O2/c1-8-5-11(17-4-3-10(6-17)7-18)12(9(2)15-8)13(14)16-19/h5,10,18-19H,3-4,6-7H2,1-2H3,(H2,14,16). The molecule has 6 nitrogen and oxygen atoms in total. The molecule has 1 saturated heterocycles. The zero-order chi connectivity index (χ0) is 14.0. The summed E-state index contributed by atoms with van der Waals surface area (Å²) in [6.07, 6.45) is 0.951. The Morgan fingerprint density at radius 2 is 2.32 bits per heavy atom. The molecule has 0 spiro atoms. The second-order valence-corrected chi connectivity index (χ2v) is 5.01. The number of aliphatic hydroxyl groups excluding tert-OH is 1. The molecular weight excluding hydrogens is 244 g/mol. The van der Waals surface area contributed by atoms with Gasteiger partial charge in [0.15, 0.2) is 5.84 Å². The summed E-state index contributed by atoms with van der Waals surface area (Å²) >= 11 is 0. The first-order chi connectivity index (χ1) is 9.06. The third kappa shape index (κ3) is 2.63. The van der Waals surface area contributed by atoms with E-state index in [1.54, 1.807) is 0 Å². The van der Waals surface area contributed by atoms with Gasteiger partial charge in [0, 0.05) is 31.3 Å². The number of hydrogen-bond donors (Lipinski definition) is 3. The fourth-order valence-corrected chi connectivity index (χ4v) is 2.62. The molecule has 0 aliphatic carbocycles. The number of aryl methyl sites for hydroxylation is 2. The van der Waals surface area contributed by atoms with E-state index < -0.39 is 0 Å². The monoisotopic (exact) mass is 264 g/mol. The highest BCUT2D eigenvalue weighted by Gasteiger charge is 2.25. The normalized spacial score (nSPS) is 20.1. The number of hydrogen-bond acceptors (Lipinski definition) is 5. The van der Waals surface area contributed by atoms with Crippen molar-refractivity contribution in [2.45, 2.75) is 20.3 Å². The summed E-state index contributed by atoms with van der Waals surface area (Å²) in [5, 5.41) is 21.3. The summed E-state index contributed by atoms with van der Waals surface area (Å²) in [6, 6.07) is 1.94. The van der Waals surface area contributed by atoms with Crippen molar-refractivity contribution in [3.05, 3.63) is 23.0 Å². The molecule has 2 rings (SSSR count). The van der Waals surface area contributed by atoms with Gasteiger partial charge in [-0.05, 0) is 26.3 Å². The molecule has 1 aromatic rings. The van der Waals surface area contributed by atoms with Gasteiger partial charge >= 0.3 is 0 Å². The molecule has 0 aromatic carbocycles. The van der Waals surface area contributed by atoms with Gasteiger partial charge in [0.1, 0.15) is 0 Å². The molecule has 104 valence electrons. The van der Waals surface area contributed by atoms with Crippen molar-refractivity contribution in [1.82, 2.24) is 4.98 Å². The van der Waals surface area contributed by atoms with Crippen molar-refractivity contribution < 1.29 is 10.3 Å². The molecule has 1 aliphatic heterocycles. The van der Waals surface area contributed by atoms with Crippen LogP contribution in [0.1, 0.15) is 23.4 Å². The highest BCUT2D eigenvalue weighted by Crippen LogP contribution is 2.29. The highest BCUT2D eigenvalue weighted by molar-refractivity contribution is 6.03. The van der Waals surface area contributed by atoms with Gasteiger partial charge in [0.25, 0.3) is 0 Å². The Kier molecular flexibility index (Phi) is 3.90. The lowest BCUT2D eigenvalue weighted by Gasteiger charge is -2.23. The molecule has 1 atom stereocenters. The zero-order valence-electron chi connectivity index (χ0n) is 11.3. The van der Waals surface area contributed by atoms with Crippen molar-refractivity contribution in [1.29, 1.82) is 0 Å². The van der Waals surface area contributed by atoms with E-state index in [1.807, 2.05) is 19.9 Å². The minimum atomic E-state index is 0.0763.